The minimum atomic E-state index is -1.92. The molecule has 0 saturated heterocycles. The highest BCUT2D eigenvalue weighted by atomic mass is 35.6. The van der Waals surface area contributed by atoms with Crippen LogP contribution in [0.2, 0.25) is 10.0 Å². The summed E-state index contributed by atoms with van der Waals surface area (Å²) in [4.78, 5) is 12.1. The number of amides is 1. The van der Waals surface area contributed by atoms with Gasteiger partial charge in [-0.1, -0.05) is 88.3 Å². The molecule has 3 nitrogen and oxygen atoms in total. The SMILES string of the molecule is O=C(/C=C/c1ccccc1)N[C@@H](Oc1ccc(Cl)cc1Cl)C(Cl)(Cl)Cl. The number of hydrogen-bond acceptors (Lipinski definition) is 2. The van der Waals surface area contributed by atoms with Crippen LogP contribution in [0.4, 0.5) is 0 Å². The Labute approximate surface area is 170 Å². The molecule has 8 heteroatoms. The zero-order chi connectivity index (χ0) is 18.4. The van der Waals surface area contributed by atoms with Crippen LogP contribution in [-0.2, 0) is 4.79 Å². The molecule has 0 fully saturated rings. The molecule has 0 aliphatic heterocycles. The first kappa shape index (κ1) is 20.2. The quantitative estimate of drug-likeness (QED) is 0.358. The zero-order valence-corrected chi connectivity index (χ0v) is 16.3. The number of ether oxygens (including phenoxy) is 1. The van der Waals surface area contributed by atoms with Crippen LogP contribution in [0.1, 0.15) is 5.56 Å². The fourth-order valence-electron chi connectivity index (χ4n) is 1.79. The lowest BCUT2D eigenvalue weighted by Crippen LogP contribution is -2.47. The molecule has 0 spiro atoms. The van der Waals surface area contributed by atoms with Crippen molar-refractivity contribution in [1.82, 2.24) is 5.32 Å². The third-order valence-corrected chi connectivity index (χ3v) is 4.06. The van der Waals surface area contributed by atoms with Crippen LogP contribution in [0.3, 0.4) is 0 Å². The minimum Gasteiger partial charge on any atom is -0.464 e. The van der Waals surface area contributed by atoms with Gasteiger partial charge in [0.25, 0.3) is 0 Å². The Hall–Kier alpha value is -1.10. The summed E-state index contributed by atoms with van der Waals surface area (Å²) in [5.74, 6) is -0.278. The second kappa shape index (κ2) is 9.02. The number of rotatable bonds is 5. The van der Waals surface area contributed by atoms with Crippen molar-refractivity contribution in [2.45, 2.75) is 10.0 Å². The molecule has 2 aromatic rings. The molecule has 0 aromatic heterocycles. The van der Waals surface area contributed by atoms with Crippen molar-refractivity contribution in [2.24, 2.45) is 0 Å². The van der Waals surface area contributed by atoms with Gasteiger partial charge in [-0.3, -0.25) is 4.79 Å². The third kappa shape index (κ3) is 6.61. The highest BCUT2D eigenvalue weighted by Crippen LogP contribution is 2.35. The van der Waals surface area contributed by atoms with E-state index in [0.717, 1.165) is 5.56 Å². The second-order valence-corrected chi connectivity index (χ2v) is 8.08. The van der Waals surface area contributed by atoms with Crippen LogP contribution in [0.15, 0.2) is 54.6 Å². The molecule has 0 radical (unpaired) electrons. The van der Waals surface area contributed by atoms with Gasteiger partial charge >= 0.3 is 0 Å². The van der Waals surface area contributed by atoms with Gasteiger partial charge in [0.2, 0.25) is 15.9 Å². The van der Waals surface area contributed by atoms with Gasteiger partial charge in [0.1, 0.15) is 5.75 Å². The van der Waals surface area contributed by atoms with E-state index in [1.54, 1.807) is 12.1 Å². The molecular weight excluding hydrogens is 427 g/mol. The van der Waals surface area contributed by atoms with Crippen LogP contribution < -0.4 is 10.1 Å². The van der Waals surface area contributed by atoms with Crippen molar-refractivity contribution in [3.05, 3.63) is 70.2 Å². The summed E-state index contributed by atoms with van der Waals surface area (Å²) in [7, 11) is 0. The lowest BCUT2D eigenvalue weighted by Gasteiger charge is -2.26. The monoisotopic (exact) mass is 437 g/mol. The summed E-state index contributed by atoms with van der Waals surface area (Å²) in [6.45, 7) is 0. The van der Waals surface area contributed by atoms with Crippen molar-refractivity contribution in [3.8, 4) is 5.75 Å². The molecule has 1 N–H and O–H groups in total. The highest BCUT2D eigenvalue weighted by molar-refractivity contribution is 6.68. The predicted octanol–water partition coefficient (Wildman–Crippen LogP) is 5.90. The first-order valence-electron chi connectivity index (χ1n) is 6.98. The summed E-state index contributed by atoms with van der Waals surface area (Å²) in [6.07, 6.45) is 1.68. The Morgan fingerprint density at radius 1 is 1.08 bits per heavy atom. The minimum absolute atomic E-state index is 0.217. The van der Waals surface area contributed by atoms with Crippen LogP contribution >= 0.6 is 58.0 Å². The fourth-order valence-corrected chi connectivity index (χ4v) is 2.54. The molecule has 1 amide bonds. The van der Waals surface area contributed by atoms with Gasteiger partial charge in [0.05, 0.1) is 5.02 Å². The van der Waals surface area contributed by atoms with Gasteiger partial charge in [-0.15, -0.1) is 0 Å². The number of carbonyl (C=O) groups excluding carboxylic acids is 1. The van der Waals surface area contributed by atoms with E-state index in [1.165, 1.54) is 18.2 Å². The number of carbonyl (C=O) groups is 1. The number of nitrogens with one attached hydrogen (secondary N) is 1. The smallest absolute Gasteiger partial charge is 0.246 e. The van der Waals surface area contributed by atoms with E-state index in [9.17, 15) is 4.79 Å². The molecule has 0 aliphatic carbocycles. The average Bonchev–Trinajstić information content (AvgIpc) is 2.54. The van der Waals surface area contributed by atoms with Gasteiger partial charge in [0, 0.05) is 11.1 Å². The van der Waals surface area contributed by atoms with Crippen molar-refractivity contribution < 1.29 is 9.53 Å². The summed E-state index contributed by atoms with van der Waals surface area (Å²) in [6, 6.07) is 13.8. The maximum Gasteiger partial charge on any atom is 0.246 e. The predicted molar refractivity (Wildman–Crippen MR) is 105 cm³/mol. The van der Waals surface area contributed by atoms with Gasteiger partial charge < -0.3 is 10.1 Å². The van der Waals surface area contributed by atoms with Gasteiger partial charge in [-0.25, -0.2) is 0 Å². The maximum atomic E-state index is 12.1. The van der Waals surface area contributed by atoms with Crippen LogP contribution in [0.25, 0.3) is 6.08 Å². The van der Waals surface area contributed by atoms with Crippen molar-refractivity contribution in [1.29, 1.82) is 0 Å². The maximum absolute atomic E-state index is 12.1. The largest absolute Gasteiger partial charge is 0.464 e. The molecule has 1 atom stereocenters. The number of hydrogen-bond donors (Lipinski definition) is 1. The van der Waals surface area contributed by atoms with E-state index in [-0.39, 0.29) is 10.8 Å². The summed E-state index contributed by atoms with van der Waals surface area (Å²) < 4.78 is 3.62. The summed E-state index contributed by atoms with van der Waals surface area (Å²) in [5.41, 5.74) is 0.852. The van der Waals surface area contributed by atoms with E-state index < -0.39 is 15.9 Å². The highest BCUT2D eigenvalue weighted by Gasteiger charge is 2.36. The van der Waals surface area contributed by atoms with Crippen molar-refractivity contribution >= 4 is 70.0 Å². The molecule has 25 heavy (non-hydrogen) atoms. The number of alkyl halides is 3. The molecule has 0 heterocycles. The lowest BCUT2D eigenvalue weighted by molar-refractivity contribution is -0.118. The normalized spacial score (nSPS) is 12.8. The van der Waals surface area contributed by atoms with Gasteiger partial charge in [-0.05, 0) is 29.8 Å². The second-order valence-electron chi connectivity index (χ2n) is 4.87. The Balaban J connectivity index is 2.10. The molecular formula is C17H12Cl5NO2. The Bertz CT molecular complexity index is 759. The molecule has 0 bridgehead atoms. The Kier molecular flexibility index (Phi) is 7.29. The standard InChI is InChI=1S/C17H12Cl5NO2/c18-12-7-8-14(13(19)10-12)25-16(17(20,21)22)23-15(24)9-6-11-4-2-1-3-5-11/h1-10,16H,(H,23,24)/b9-6+/t16-/m0/s1. The molecule has 132 valence electrons. The van der Waals surface area contributed by atoms with Crippen LogP contribution in [0.5, 0.6) is 5.75 Å². The lowest BCUT2D eigenvalue weighted by atomic mass is 10.2. The summed E-state index contributed by atoms with van der Waals surface area (Å²) >= 11 is 29.5. The van der Waals surface area contributed by atoms with Crippen LogP contribution in [-0.4, -0.2) is 15.9 Å². The van der Waals surface area contributed by atoms with E-state index in [2.05, 4.69) is 5.32 Å². The molecule has 2 aromatic carbocycles. The number of benzene rings is 2. The van der Waals surface area contributed by atoms with E-state index in [0.29, 0.717) is 5.02 Å². The first-order valence-corrected chi connectivity index (χ1v) is 8.87. The van der Waals surface area contributed by atoms with E-state index in [4.69, 9.17) is 62.7 Å². The number of halogens is 5. The average molecular weight is 440 g/mol. The Morgan fingerprint density at radius 2 is 1.76 bits per heavy atom. The summed E-state index contributed by atoms with van der Waals surface area (Å²) in [5, 5.41) is 3.13. The first-order chi connectivity index (χ1) is 11.8. The zero-order valence-electron chi connectivity index (χ0n) is 12.6. The molecule has 0 aliphatic rings. The topological polar surface area (TPSA) is 38.3 Å². The van der Waals surface area contributed by atoms with Crippen LogP contribution in [0, 0.1) is 0 Å². The Morgan fingerprint density at radius 3 is 2.36 bits per heavy atom. The third-order valence-electron chi connectivity index (χ3n) is 2.94. The van der Waals surface area contributed by atoms with Crippen molar-refractivity contribution in [2.75, 3.05) is 0 Å². The van der Waals surface area contributed by atoms with E-state index in [1.807, 2.05) is 30.3 Å². The molecule has 0 unspecified atom stereocenters. The molecule has 2 rings (SSSR count). The molecule has 0 saturated carbocycles. The van der Waals surface area contributed by atoms with E-state index >= 15 is 0 Å². The van der Waals surface area contributed by atoms with Gasteiger partial charge in [0.15, 0.2) is 0 Å². The van der Waals surface area contributed by atoms with Gasteiger partial charge in [-0.2, -0.15) is 0 Å². The van der Waals surface area contributed by atoms with Crippen molar-refractivity contribution in [3.63, 3.8) is 0 Å². The fraction of sp³-hybridized carbons (Fsp3) is 0.118.